The Morgan fingerprint density at radius 3 is 2.53 bits per heavy atom. The van der Waals surface area contributed by atoms with Gasteiger partial charge in [-0.3, -0.25) is 0 Å². The first-order valence-electron chi connectivity index (χ1n) is 5.49. The molecule has 0 bridgehead atoms. The van der Waals surface area contributed by atoms with E-state index in [1.54, 1.807) is 6.07 Å². The first-order valence-corrected chi connectivity index (χ1v) is 7.79. The van der Waals surface area contributed by atoms with Crippen LogP contribution in [0.1, 0.15) is 25.8 Å². The van der Waals surface area contributed by atoms with E-state index < -0.39 is 9.05 Å². The first kappa shape index (κ1) is 14.3. The summed E-state index contributed by atoms with van der Waals surface area (Å²) in [5.74, 6) is 1.13. The average molecular weight is 277 g/mol. The maximum Gasteiger partial charge on any atom is 0.261 e. The van der Waals surface area contributed by atoms with Gasteiger partial charge in [0.25, 0.3) is 9.05 Å². The summed E-state index contributed by atoms with van der Waals surface area (Å²) in [6.07, 6.45) is 0.928. The standard InChI is InChI=1S/C12H17ClO3S/c1-9(2)6-7-16-12-8-11(17(13,14)15)5-4-10(12)3/h4-5,8-9H,6-7H2,1-3H3. The molecule has 0 spiro atoms. The quantitative estimate of drug-likeness (QED) is 0.775. The van der Waals surface area contributed by atoms with Crippen molar-refractivity contribution in [3.05, 3.63) is 23.8 Å². The summed E-state index contributed by atoms with van der Waals surface area (Å²) in [5.41, 5.74) is 0.901. The number of rotatable bonds is 5. The smallest absolute Gasteiger partial charge is 0.261 e. The molecular formula is C12H17ClO3S. The van der Waals surface area contributed by atoms with E-state index in [4.69, 9.17) is 15.4 Å². The van der Waals surface area contributed by atoms with Crippen molar-refractivity contribution in [2.75, 3.05) is 6.61 Å². The average Bonchev–Trinajstić information content (AvgIpc) is 2.18. The van der Waals surface area contributed by atoms with E-state index in [1.807, 2.05) is 6.92 Å². The Balaban J connectivity index is 2.84. The molecule has 17 heavy (non-hydrogen) atoms. The van der Waals surface area contributed by atoms with Gasteiger partial charge in [-0.25, -0.2) is 8.42 Å². The van der Waals surface area contributed by atoms with Crippen molar-refractivity contribution >= 4 is 19.7 Å². The van der Waals surface area contributed by atoms with Crippen LogP contribution in [0.5, 0.6) is 5.75 Å². The largest absolute Gasteiger partial charge is 0.493 e. The monoisotopic (exact) mass is 276 g/mol. The zero-order valence-corrected chi connectivity index (χ0v) is 11.8. The van der Waals surface area contributed by atoms with Crippen molar-refractivity contribution in [1.82, 2.24) is 0 Å². The summed E-state index contributed by atoms with van der Waals surface area (Å²) in [6.45, 7) is 6.66. The van der Waals surface area contributed by atoms with Crippen LogP contribution >= 0.6 is 10.7 Å². The number of hydrogen-bond donors (Lipinski definition) is 0. The van der Waals surface area contributed by atoms with Gasteiger partial charge in [0, 0.05) is 16.7 Å². The van der Waals surface area contributed by atoms with E-state index >= 15 is 0 Å². The van der Waals surface area contributed by atoms with E-state index in [0.717, 1.165) is 12.0 Å². The highest BCUT2D eigenvalue weighted by Gasteiger charge is 2.12. The Hall–Kier alpha value is -0.740. The van der Waals surface area contributed by atoms with Gasteiger partial charge >= 0.3 is 0 Å². The number of hydrogen-bond acceptors (Lipinski definition) is 3. The van der Waals surface area contributed by atoms with Gasteiger partial charge < -0.3 is 4.74 Å². The molecule has 5 heteroatoms. The lowest BCUT2D eigenvalue weighted by Crippen LogP contribution is -2.03. The molecule has 0 amide bonds. The van der Waals surface area contributed by atoms with Crippen molar-refractivity contribution < 1.29 is 13.2 Å². The lowest BCUT2D eigenvalue weighted by Gasteiger charge is -2.11. The van der Waals surface area contributed by atoms with Crippen LogP contribution < -0.4 is 4.74 Å². The minimum Gasteiger partial charge on any atom is -0.493 e. The Morgan fingerprint density at radius 1 is 1.35 bits per heavy atom. The second-order valence-electron chi connectivity index (χ2n) is 4.40. The molecule has 0 saturated carbocycles. The Labute approximate surface area is 107 Å². The highest BCUT2D eigenvalue weighted by atomic mass is 35.7. The fourth-order valence-electron chi connectivity index (χ4n) is 1.29. The Morgan fingerprint density at radius 2 is 2.00 bits per heavy atom. The molecule has 1 aromatic carbocycles. The topological polar surface area (TPSA) is 43.4 Å². The third-order valence-electron chi connectivity index (χ3n) is 2.39. The van der Waals surface area contributed by atoms with Gasteiger partial charge in [-0.15, -0.1) is 0 Å². The van der Waals surface area contributed by atoms with E-state index in [9.17, 15) is 8.42 Å². The van der Waals surface area contributed by atoms with Gasteiger partial charge in [0.1, 0.15) is 5.75 Å². The Kier molecular flexibility index (Phi) is 4.83. The molecular weight excluding hydrogens is 260 g/mol. The molecule has 0 heterocycles. The molecule has 0 aliphatic carbocycles. The van der Waals surface area contributed by atoms with Crippen molar-refractivity contribution in [2.45, 2.75) is 32.1 Å². The fourth-order valence-corrected chi connectivity index (χ4v) is 2.06. The first-order chi connectivity index (χ1) is 7.80. The van der Waals surface area contributed by atoms with Gasteiger partial charge in [-0.1, -0.05) is 19.9 Å². The molecule has 0 unspecified atom stereocenters. The summed E-state index contributed by atoms with van der Waals surface area (Å²) < 4.78 is 27.9. The summed E-state index contributed by atoms with van der Waals surface area (Å²) in [5, 5.41) is 0. The van der Waals surface area contributed by atoms with Crippen molar-refractivity contribution in [1.29, 1.82) is 0 Å². The normalized spacial score (nSPS) is 11.8. The molecule has 0 fully saturated rings. The van der Waals surface area contributed by atoms with Crippen molar-refractivity contribution in [2.24, 2.45) is 5.92 Å². The molecule has 0 aromatic heterocycles. The summed E-state index contributed by atoms with van der Waals surface area (Å²) in [4.78, 5) is 0.0734. The van der Waals surface area contributed by atoms with E-state index in [1.165, 1.54) is 12.1 Å². The van der Waals surface area contributed by atoms with Gasteiger partial charge in [-0.2, -0.15) is 0 Å². The molecule has 1 rings (SSSR count). The van der Waals surface area contributed by atoms with Crippen LogP contribution in [-0.4, -0.2) is 15.0 Å². The van der Waals surface area contributed by atoms with E-state index in [-0.39, 0.29) is 4.90 Å². The maximum atomic E-state index is 11.2. The van der Waals surface area contributed by atoms with Crippen LogP contribution in [-0.2, 0) is 9.05 Å². The van der Waals surface area contributed by atoms with Crippen LogP contribution in [0.15, 0.2) is 23.1 Å². The molecule has 96 valence electrons. The molecule has 3 nitrogen and oxygen atoms in total. The number of ether oxygens (including phenoxy) is 1. The van der Waals surface area contributed by atoms with E-state index in [0.29, 0.717) is 18.3 Å². The van der Waals surface area contributed by atoms with Gasteiger partial charge in [0.2, 0.25) is 0 Å². The number of aryl methyl sites for hydroxylation is 1. The molecule has 1 aromatic rings. The molecule has 0 N–H and O–H groups in total. The van der Waals surface area contributed by atoms with Gasteiger partial charge in [0.05, 0.1) is 11.5 Å². The summed E-state index contributed by atoms with van der Waals surface area (Å²) in [6, 6.07) is 4.64. The second-order valence-corrected chi connectivity index (χ2v) is 6.96. The van der Waals surface area contributed by atoms with Crippen molar-refractivity contribution in [3.8, 4) is 5.75 Å². The maximum absolute atomic E-state index is 11.2. The molecule has 0 aliphatic heterocycles. The predicted octanol–water partition coefficient (Wildman–Crippen LogP) is 3.35. The van der Waals surface area contributed by atoms with Crippen molar-refractivity contribution in [3.63, 3.8) is 0 Å². The highest BCUT2D eigenvalue weighted by molar-refractivity contribution is 8.13. The lowest BCUT2D eigenvalue weighted by atomic mass is 10.1. The van der Waals surface area contributed by atoms with Crippen LogP contribution in [0, 0.1) is 12.8 Å². The van der Waals surface area contributed by atoms with E-state index in [2.05, 4.69) is 13.8 Å². The lowest BCUT2D eigenvalue weighted by molar-refractivity contribution is 0.287. The zero-order valence-electron chi connectivity index (χ0n) is 10.2. The Bertz CT molecular complexity index is 481. The predicted molar refractivity (Wildman–Crippen MR) is 69.2 cm³/mol. The van der Waals surface area contributed by atoms with Crippen LogP contribution in [0.3, 0.4) is 0 Å². The number of halogens is 1. The van der Waals surface area contributed by atoms with Crippen LogP contribution in [0.2, 0.25) is 0 Å². The SMILES string of the molecule is Cc1ccc(S(=O)(=O)Cl)cc1OCCC(C)C. The third-order valence-corrected chi connectivity index (χ3v) is 3.75. The fraction of sp³-hybridized carbons (Fsp3) is 0.500. The summed E-state index contributed by atoms with van der Waals surface area (Å²) in [7, 11) is 1.59. The second kappa shape index (κ2) is 5.74. The summed E-state index contributed by atoms with van der Waals surface area (Å²) >= 11 is 0. The minimum atomic E-state index is -3.69. The molecule has 0 atom stereocenters. The molecule has 0 radical (unpaired) electrons. The van der Waals surface area contributed by atoms with Crippen LogP contribution in [0.25, 0.3) is 0 Å². The third kappa shape index (κ3) is 4.56. The number of benzene rings is 1. The van der Waals surface area contributed by atoms with Gasteiger partial charge in [0.15, 0.2) is 0 Å². The zero-order chi connectivity index (χ0) is 13.1. The van der Waals surface area contributed by atoms with Crippen LogP contribution in [0.4, 0.5) is 0 Å². The molecule has 0 aliphatic rings. The highest BCUT2D eigenvalue weighted by Crippen LogP contribution is 2.24. The minimum absolute atomic E-state index is 0.0734. The molecule has 0 saturated heterocycles. The van der Waals surface area contributed by atoms with Gasteiger partial charge in [-0.05, 0) is 30.9 Å².